The lowest BCUT2D eigenvalue weighted by molar-refractivity contribution is 0.114. The molecule has 1 aromatic rings. The number of ether oxygens (including phenoxy) is 1. The van der Waals surface area contributed by atoms with E-state index in [1.807, 2.05) is 0 Å². The van der Waals surface area contributed by atoms with Crippen LogP contribution in [0.2, 0.25) is 0 Å². The van der Waals surface area contributed by atoms with Crippen molar-refractivity contribution in [2.45, 2.75) is 59.0 Å². The van der Waals surface area contributed by atoms with Crippen LogP contribution in [-0.4, -0.2) is 41.7 Å². The standard InChI is InChI=1S/C25H35N3O/c1-20-8-5-6-10-22(20)11-7-9-21-12-16-28(17-13-21)19-23-18-24(27-15-14-26-23)29-25(2,3)4/h5-8,10-11,14-15,21H,9,12-13,16-19H2,1-4H3/b11-7+. The van der Waals surface area contributed by atoms with Crippen molar-refractivity contribution in [3.63, 3.8) is 0 Å². The second kappa shape index (κ2) is 10.0. The van der Waals surface area contributed by atoms with Crippen molar-refractivity contribution in [2.24, 2.45) is 15.9 Å². The SMILES string of the molecule is Cc1ccccc1/C=C/CC1CCN(CC2=NC=CN=C(OC(C)(C)C)C2)CC1. The van der Waals surface area contributed by atoms with Crippen LogP contribution in [0.5, 0.6) is 0 Å². The van der Waals surface area contributed by atoms with Crippen molar-refractivity contribution in [3.8, 4) is 0 Å². The van der Waals surface area contributed by atoms with Crippen molar-refractivity contribution < 1.29 is 4.74 Å². The van der Waals surface area contributed by atoms with E-state index in [4.69, 9.17) is 4.74 Å². The summed E-state index contributed by atoms with van der Waals surface area (Å²) in [6.07, 6.45) is 12.5. The number of hydrogen-bond donors (Lipinski definition) is 0. The monoisotopic (exact) mass is 393 g/mol. The molecule has 0 aliphatic carbocycles. The van der Waals surface area contributed by atoms with Crippen molar-refractivity contribution in [1.82, 2.24) is 4.90 Å². The third-order valence-electron chi connectivity index (χ3n) is 5.39. The lowest BCUT2D eigenvalue weighted by atomic mass is 9.92. The largest absolute Gasteiger partial charge is 0.475 e. The summed E-state index contributed by atoms with van der Waals surface area (Å²) in [5.41, 5.74) is 3.58. The smallest absolute Gasteiger partial charge is 0.194 e. The zero-order valence-corrected chi connectivity index (χ0v) is 18.4. The number of allylic oxidation sites excluding steroid dienone is 1. The van der Waals surface area contributed by atoms with Crippen molar-refractivity contribution in [2.75, 3.05) is 19.6 Å². The van der Waals surface area contributed by atoms with Crippen LogP contribution in [0.25, 0.3) is 6.08 Å². The summed E-state index contributed by atoms with van der Waals surface area (Å²) < 4.78 is 5.98. The van der Waals surface area contributed by atoms with Gasteiger partial charge in [0.1, 0.15) is 5.60 Å². The molecule has 2 aliphatic heterocycles. The Morgan fingerprint density at radius 2 is 1.83 bits per heavy atom. The van der Waals surface area contributed by atoms with E-state index >= 15 is 0 Å². The Bertz CT molecular complexity index is 791. The fourth-order valence-electron chi connectivity index (χ4n) is 3.83. The number of aliphatic imine (C=N–C) groups is 2. The van der Waals surface area contributed by atoms with E-state index in [-0.39, 0.29) is 5.60 Å². The highest BCUT2D eigenvalue weighted by Gasteiger charge is 2.22. The molecule has 1 saturated heterocycles. The Morgan fingerprint density at radius 1 is 1.10 bits per heavy atom. The average Bonchev–Trinajstić information content (AvgIpc) is 2.88. The lowest BCUT2D eigenvalue weighted by Gasteiger charge is -2.32. The molecule has 2 heterocycles. The Balaban J connectivity index is 1.44. The summed E-state index contributed by atoms with van der Waals surface area (Å²) in [7, 11) is 0. The summed E-state index contributed by atoms with van der Waals surface area (Å²) in [4.78, 5) is 11.5. The summed E-state index contributed by atoms with van der Waals surface area (Å²) in [6.45, 7) is 11.5. The number of benzene rings is 1. The molecule has 0 bridgehead atoms. The highest BCUT2D eigenvalue weighted by atomic mass is 16.5. The topological polar surface area (TPSA) is 37.2 Å². The average molecular weight is 394 g/mol. The van der Waals surface area contributed by atoms with E-state index in [0.29, 0.717) is 6.42 Å². The molecule has 0 aromatic heterocycles. The van der Waals surface area contributed by atoms with E-state index in [1.54, 1.807) is 12.4 Å². The molecule has 0 radical (unpaired) electrons. The van der Waals surface area contributed by atoms with Crippen LogP contribution in [-0.2, 0) is 4.74 Å². The summed E-state index contributed by atoms with van der Waals surface area (Å²) in [5.74, 6) is 1.55. The number of hydrogen-bond acceptors (Lipinski definition) is 4. The van der Waals surface area contributed by atoms with Gasteiger partial charge in [0.15, 0.2) is 5.90 Å². The first-order valence-corrected chi connectivity index (χ1v) is 10.8. The van der Waals surface area contributed by atoms with E-state index in [2.05, 4.69) is 79.0 Å². The highest BCUT2D eigenvalue weighted by molar-refractivity contribution is 6.03. The predicted molar refractivity (Wildman–Crippen MR) is 123 cm³/mol. The van der Waals surface area contributed by atoms with Gasteiger partial charge in [-0.3, -0.25) is 9.89 Å². The van der Waals surface area contributed by atoms with Gasteiger partial charge in [-0.05, 0) is 77.1 Å². The maximum absolute atomic E-state index is 5.98. The molecule has 1 fully saturated rings. The molecule has 3 rings (SSSR count). The van der Waals surface area contributed by atoms with E-state index in [1.165, 1.54) is 30.4 Å². The van der Waals surface area contributed by atoms with Crippen LogP contribution in [0.3, 0.4) is 0 Å². The molecule has 156 valence electrons. The van der Waals surface area contributed by atoms with Gasteiger partial charge in [0.2, 0.25) is 0 Å². The third-order valence-corrected chi connectivity index (χ3v) is 5.39. The molecular weight excluding hydrogens is 358 g/mol. The summed E-state index contributed by atoms with van der Waals surface area (Å²) in [5, 5.41) is 0. The van der Waals surface area contributed by atoms with Gasteiger partial charge in [-0.1, -0.05) is 36.4 Å². The Hall–Kier alpha value is -2.20. The molecule has 0 atom stereocenters. The maximum atomic E-state index is 5.98. The van der Waals surface area contributed by atoms with Gasteiger partial charge in [0.25, 0.3) is 0 Å². The van der Waals surface area contributed by atoms with Gasteiger partial charge in [-0.25, -0.2) is 4.99 Å². The van der Waals surface area contributed by atoms with E-state index in [0.717, 1.165) is 37.2 Å². The second-order valence-electron chi connectivity index (χ2n) is 9.12. The quantitative estimate of drug-likeness (QED) is 0.649. The van der Waals surface area contributed by atoms with Crippen molar-refractivity contribution >= 4 is 17.7 Å². The van der Waals surface area contributed by atoms with Crippen molar-refractivity contribution in [1.29, 1.82) is 0 Å². The zero-order valence-electron chi connectivity index (χ0n) is 18.4. The van der Waals surface area contributed by atoms with Gasteiger partial charge in [0.05, 0.1) is 6.42 Å². The number of likely N-dealkylation sites (tertiary alicyclic amines) is 1. The normalized spacial score (nSPS) is 19.2. The lowest BCUT2D eigenvalue weighted by Crippen LogP contribution is -2.38. The first kappa shape index (κ1) is 21.5. The number of piperidine rings is 1. The van der Waals surface area contributed by atoms with Crippen LogP contribution in [0.4, 0.5) is 0 Å². The fourth-order valence-corrected chi connectivity index (χ4v) is 3.83. The molecule has 0 saturated carbocycles. The minimum absolute atomic E-state index is 0.230. The minimum Gasteiger partial charge on any atom is -0.475 e. The summed E-state index contributed by atoms with van der Waals surface area (Å²) in [6, 6.07) is 8.57. The maximum Gasteiger partial charge on any atom is 0.194 e. The fraction of sp³-hybridized carbons (Fsp3) is 0.520. The molecule has 29 heavy (non-hydrogen) atoms. The molecule has 4 heteroatoms. The van der Waals surface area contributed by atoms with Gasteiger partial charge < -0.3 is 4.74 Å². The molecule has 0 unspecified atom stereocenters. The summed E-state index contributed by atoms with van der Waals surface area (Å²) >= 11 is 0. The molecule has 4 nitrogen and oxygen atoms in total. The Labute approximate surface area is 176 Å². The zero-order chi connectivity index (χ0) is 20.7. The van der Waals surface area contributed by atoms with Gasteiger partial charge in [-0.2, -0.15) is 0 Å². The minimum atomic E-state index is -0.230. The van der Waals surface area contributed by atoms with Crippen LogP contribution < -0.4 is 0 Å². The number of aryl methyl sites for hydroxylation is 1. The first-order valence-electron chi connectivity index (χ1n) is 10.8. The molecule has 0 spiro atoms. The first-order chi connectivity index (χ1) is 13.9. The van der Waals surface area contributed by atoms with Gasteiger partial charge in [-0.15, -0.1) is 0 Å². The Morgan fingerprint density at radius 3 is 2.55 bits per heavy atom. The molecule has 0 N–H and O–H groups in total. The van der Waals surface area contributed by atoms with Crippen LogP contribution in [0, 0.1) is 12.8 Å². The number of nitrogens with zero attached hydrogens (tertiary/aromatic N) is 3. The highest BCUT2D eigenvalue weighted by Crippen LogP contribution is 2.22. The van der Waals surface area contributed by atoms with Crippen LogP contribution in [0.1, 0.15) is 57.6 Å². The predicted octanol–water partition coefficient (Wildman–Crippen LogP) is 5.64. The third kappa shape index (κ3) is 7.28. The second-order valence-corrected chi connectivity index (χ2v) is 9.12. The van der Waals surface area contributed by atoms with E-state index < -0.39 is 0 Å². The molecule has 1 aromatic carbocycles. The molecule has 2 aliphatic rings. The number of rotatable bonds is 5. The van der Waals surface area contributed by atoms with Gasteiger partial charge in [0, 0.05) is 24.7 Å². The van der Waals surface area contributed by atoms with Crippen LogP contribution >= 0.6 is 0 Å². The van der Waals surface area contributed by atoms with Gasteiger partial charge >= 0.3 is 0 Å². The van der Waals surface area contributed by atoms with Crippen LogP contribution in [0.15, 0.2) is 52.7 Å². The molecular formula is C25H35N3O. The molecule has 0 amide bonds. The van der Waals surface area contributed by atoms with E-state index in [9.17, 15) is 0 Å². The Kier molecular flexibility index (Phi) is 7.43. The van der Waals surface area contributed by atoms with Crippen molar-refractivity contribution in [3.05, 3.63) is 53.9 Å².